The topological polar surface area (TPSA) is 51.5 Å². The van der Waals surface area contributed by atoms with Gasteiger partial charge in [0, 0.05) is 19.1 Å². The standard InChI is InChI=1S/C18H21NO3/c1-13-4-6-14(7-5-13)17-15(3-2-9-22-17)11-19-18(20)16-8-10-21-12-16/h4-8,10,12,15,17H,2-3,9,11H2,1H3,(H,19,20)/t15-,17+/m0/s1. The van der Waals surface area contributed by atoms with Crippen molar-refractivity contribution in [3.63, 3.8) is 0 Å². The summed E-state index contributed by atoms with van der Waals surface area (Å²) < 4.78 is 10.9. The Morgan fingerprint density at radius 1 is 1.27 bits per heavy atom. The molecule has 1 aromatic carbocycles. The number of aryl methyl sites for hydroxylation is 1. The lowest BCUT2D eigenvalue weighted by Gasteiger charge is -2.32. The molecular formula is C18H21NO3. The molecule has 0 aliphatic carbocycles. The Balaban J connectivity index is 1.65. The van der Waals surface area contributed by atoms with E-state index in [0.717, 1.165) is 19.4 Å². The van der Waals surface area contributed by atoms with Gasteiger partial charge in [0.25, 0.3) is 5.91 Å². The molecular weight excluding hydrogens is 278 g/mol. The molecule has 116 valence electrons. The fourth-order valence-corrected chi connectivity index (χ4v) is 2.90. The predicted octanol–water partition coefficient (Wildman–Crippen LogP) is 3.49. The minimum absolute atomic E-state index is 0.0546. The number of rotatable bonds is 4. The summed E-state index contributed by atoms with van der Waals surface area (Å²) in [4.78, 5) is 12.0. The van der Waals surface area contributed by atoms with E-state index >= 15 is 0 Å². The Labute approximate surface area is 130 Å². The first-order chi connectivity index (χ1) is 10.7. The van der Waals surface area contributed by atoms with Gasteiger partial charge < -0.3 is 14.5 Å². The highest BCUT2D eigenvalue weighted by Gasteiger charge is 2.27. The largest absolute Gasteiger partial charge is 0.472 e. The fourth-order valence-electron chi connectivity index (χ4n) is 2.90. The molecule has 0 unspecified atom stereocenters. The molecule has 1 saturated heterocycles. The van der Waals surface area contributed by atoms with Crippen molar-refractivity contribution in [2.45, 2.75) is 25.9 Å². The zero-order valence-electron chi connectivity index (χ0n) is 12.7. The van der Waals surface area contributed by atoms with E-state index in [0.29, 0.717) is 18.0 Å². The third kappa shape index (κ3) is 3.39. The predicted molar refractivity (Wildman–Crippen MR) is 83.6 cm³/mol. The van der Waals surface area contributed by atoms with E-state index in [4.69, 9.17) is 9.15 Å². The van der Waals surface area contributed by atoms with Crippen LogP contribution in [-0.4, -0.2) is 19.1 Å². The summed E-state index contributed by atoms with van der Waals surface area (Å²) in [5, 5.41) is 2.99. The third-order valence-corrected chi connectivity index (χ3v) is 4.16. The molecule has 22 heavy (non-hydrogen) atoms. The second kappa shape index (κ2) is 6.79. The molecule has 2 heterocycles. The van der Waals surface area contributed by atoms with E-state index < -0.39 is 0 Å². The van der Waals surface area contributed by atoms with E-state index in [1.807, 2.05) is 0 Å². The summed E-state index contributed by atoms with van der Waals surface area (Å²) in [5.41, 5.74) is 2.99. The molecule has 4 nitrogen and oxygen atoms in total. The van der Waals surface area contributed by atoms with Gasteiger partial charge in [0.2, 0.25) is 0 Å². The summed E-state index contributed by atoms with van der Waals surface area (Å²) in [5.74, 6) is 0.203. The lowest BCUT2D eigenvalue weighted by Crippen LogP contribution is -2.35. The van der Waals surface area contributed by atoms with Gasteiger partial charge >= 0.3 is 0 Å². The summed E-state index contributed by atoms with van der Waals surface area (Å²) in [6, 6.07) is 10.1. The molecule has 1 aromatic heterocycles. The first kappa shape index (κ1) is 14.9. The van der Waals surface area contributed by atoms with Gasteiger partial charge in [0.15, 0.2) is 0 Å². The monoisotopic (exact) mass is 299 g/mol. The quantitative estimate of drug-likeness (QED) is 0.940. The van der Waals surface area contributed by atoms with Crippen LogP contribution in [-0.2, 0) is 4.74 Å². The summed E-state index contributed by atoms with van der Waals surface area (Å²) >= 11 is 0. The molecule has 4 heteroatoms. The van der Waals surface area contributed by atoms with E-state index in [1.54, 1.807) is 6.07 Å². The number of carbonyl (C=O) groups is 1. The average molecular weight is 299 g/mol. The maximum Gasteiger partial charge on any atom is 0.254 e. The van der Waals surface area contributed by atoms with Crippen molar-refractivity contribution in [1.82, 2.24) is 5.32 Å². The summed E-state index contributed by atoms with van der Waals surface area (Å²) in [6.07, 6.45) is 5.12. The Hall–Kier alpha value is -2.07. The van der Waals surface area contributed by atoms with Crippen LogP contribution in [0.4, 0.5) is 0 Å². The van der Waals surface area contributed by atoms with Crippen LogP contribution in [0.3, 0.4) is 0 Å². The lowest BCUT2D eigenvalue weighted by molar-refractivity contribution is -0.0272. The van der Waals surface area contributed by atoms with Gasteiger partial charge in [-0.3, -0.25) is 4.79 Å². The zero-order valence-corrected chi connectivity index (χ0v) is 12.7. The summed E-state index contributed by atoms with van der Waals surface area (Å²) in [7, 11) is 0. The maximum atomic E-state index is 12.0. The maximum absolute atomic E-state index is 12.0. The van der Waals surface area contributed by atoms with E-state index in [-0.39, 0.29) is 12.0 Å². The molecule has 3 rings (SSSR count). The number of furan rings is 1. The van der Waals surface area contributed by atoms with Crippen LogP contribution in [0.1, 0.15) is 40.4 Å². The molecule has 1 fully saturated rings. The number of amides is 1. The van der Waals surface area contributed by atoms with Crippen LogP contribution in [0, 0.1) is 12.8 Å². The molecule has 0 bridgehead atoms. The Morgan fingerprint density at radius 3 is 2.82 bits per heavy atom. The minimum Gasteiger partial charge on any atom is -0.472 e. The molecule has 1 N–H and O–H groups in total. The fraction of sp³-hybridized carbons (Fsp3) is 0.389. The zero-order chi connectivity index (χ0) is 15.4. The highest BCUT2D eigenvalue weighted by molar-refractivity contribution is 5.93. The van der Waals surface area contributed by atoms with Gasteiger partial charge in [-0.2, -0.15) is 0 Å². The van der Waals surface area contributed by atoms with Gasteiger partial charge in [0.1, 0.15) is 6.26 Å². The second-order valence-electron chi connectivity index (χ2n) is 5.83. The number of nitrogens with one attached hydrogen (secondary N) is 1. The Morgan fingerprint density at radius 2 is 2.09 bits per heavy atom. The Bertz CT molecular complexity index is 604. The number of carbonyl (C=O) groups excluding carboxylic acids is 1. The molecule has 1 amide bonds. The lowest BCUT2D eigenvalue weighted by atomic mass is 9.89. The van der Waals surface area contributed by atoms with Gasteiger partial charge in [-0.05, 0) is 31.4 Å². The highest BCUT2D eigenvalue weighted by atomic mass is 16.5. The first-order valence-electron chi connectivity index (χ1n) is 7.72. The van der Waals surface area contributed by atoms with Gasteiger partial charge in [-0.25, -0.2) is 0 Å². The van der Waals surface area contributed by atoms with Gasteiger partial charge in [-0.15, -0.1) is 0 Å². The van der Waals surface area contributed by atoms with E-state index in [1.165, 1.54) is 23.7 Å². The number of benzene rings is 1. The first-order valence-corrected chi connectivity index (χ1v) is 7.72. The normalized spacial score (nSPS) is 21.5. The molecule has 0 saturated carbocycles. The van der Waals surface area contributed by atoms with E-state index in [2.05, 4.69) is 36.5 Å². The van der Waals surface area contributed by atoms with Crippen molar-refractivity contribution in [3.8, 4) is 0 Å². The minimum atomic E-state index is -0.0954. The van der Waals surface area contributed by atoms with Crippen LogP contribution in [0.25, 0.3) is 0 Å². The van der Waals surface area contributed by atoms with E-state index in [9.17, 15) is 4.79 Å². The molecule has 2 aromatic rings. The SMILES string of the molecule is Cc1ccc([C@H]2OCCC[C@H]2CNC(=O)c2ccoc2)cc1. The van der Waals surface area contributed by atoms with Crippen LogP contribution in [0.15, 0.2) is 47.3 Å². The van der Waals surface area contributed by atoms with Crippen LogP contribution >= 0.6 is 0 Å². The van der Waals surface area contributed by atoms with Crippen molar-refractivity contribution in [2.75, 3.05) is 13.2 Å². The van der Waals surface area contributed by atoms with Gasteiger partial charge in [-0.1, -0.05) is 29.8 Å². The van der Waals surface area contributed by atoms with Crippen molar-refractivity contribution in [3.05, 3.63) is 59.5 Å². The molecule has 1 aliphatic heterocycles. The molecule has 0 spiro atoms. The molecule has 2 atom stereocenters. The van der Waals surface area contributed by atoms with Crippen molar-refractivity contribution >= 4 is 5.91 Å². The van der Waals surface area contributed by atoms with Crippen molar-refractivity contribution < 1.29 is 13.9 Å². The highest BCUT2D eigenvalue weighted by Crippen LogP contribution is 2.33. The number of hydrogen-bond acceptors (Lipinski definition) is 3. The van der Waals surface area contributed by atoms with Crippen LogP contribution in [0.5, 0.6) is 0 Å². The van der Waals surface area contributed by atoms with Crippen molar-refractivity contribution in [1.29, 1.82) is 0 Å². The third-order valence-electron chi connectivity index (χ3n) is 4.16. The van der Waals surface area contributed by atoms with Gasteiger partial charge in [0.05, 0.1) is 17.9 Å². The number of ether oxygens (including phenoxy) is 1. The number of hydrogen-bond donors (Lipinski definition) is 1. The molecule has 1 aliphatic rings. The average Bonchev–Trinajstić information content (AvgIpc) is 3.08. The van der Waals surface area contributed by atoms with Crippen LogP contribution in [0.2, 0.25) is 0 Å². The Kier molecular flexibility index (Phi) is 4.59. The second-order valence-corrected chi connectivity index (χ2v) is 5.83. The smallest absolute Gasteiger partial charge is 0.254 e. The molecule has 0 radical (unpaired) electrons. The van der Waals surface area contributed by atoms with Crippen LogP contribution < -0.4 is 5.32 Å². The van der Waals surface area contributed by atoms with Crippen molar-refractivity contribution in [2.24, 2.45) is 5.92 Å². The summed E-state index contributed by atoms with van der Waals surface area (Å²) in [6.45, 7) is 3.47.